The smallest absolute Gasteiger partial charge is 0.0725 e. The van der Waals surface area contributed by atoms with Crippen molar-refractivity contribution in [2.75, 3.05) is 4.90 Å². The third-order valence-electron chi connectivity index (χ3n) is 12.6. The van der Waals surface area contributed by atoms with E-state index < -0.39 is 5.41 Å². The van der Waals surface area contributed by atoms with E-state index in [2.05, 4.69) is 229 Å². The summed E-state index contributed by atoms with van der Waals surface area (Å²) in [5, 5.41) is 4.99. The number of rotatable bonds is 5. The summed E-state index contributed by atoms with van der Waals surface area (Å²) < 4.78 is 0. The van der Waals surface area contributed by atoms with Gasteiger partial charge in [-0.15, -0.1) is 0 Å². The highest BCUT2D eigenvalue weighted by Gasteiger charge is 2.51. The first-order valence-electron chi connectivity index (χ1n) is 20.2. The van der Waals surface area contributed by atoms with Crippen molar-refractivity contribution in [2.24, 2.45) is 0 Å². The van der Waals surface area contributed by atoms with Gasteiger partial charge in [0.25, 0.3) is 0 Å². The second-order valence-electron chi connectivity index (χ2n) is 15.7. The van der Waals surface area contributed by atoms with Gasteiger partial charge >= 0.3 is 0 Å². The van der Waals surface area contributed by atoms with Crippen LogP contribution in [-0.2, 0) is 5.41 Å². The average molecular weight is 736 g/mol. The number of para-hydroxylation sites is 1. The largest absolute Gasteiger partial charge is 0.310 e. The Labute approximate surface area is 338 Å². The molecule has 0 unspecified atom stereocenters. The van der Waals surface area contributed by atoms with E-state index >= 15 is 0 Å². The normalized spacial score (nSPS) is 13.0. The fraction of sp³-hybridized carbons (Fsp3) is 0.0175. The number of fused-ring (bicyclic) bond motifs is 12. The first-order chi connectivity index (χ1) is 28.8. The summed E-state index contributed by atoms with van der Waals surface area (Å²) >= 11 is 0. The minimum Gasteiger partial charge on any atom is -0.310 e. The van der Waals surface area contributed by atoms with E-state index in [4.69, 9.17) is 0 Å². The number of nitrogens with zero attached hydrogens (tertiary/aromatic N) is 1. The van der Waals surface area contributed by atoms with Gasteiger partial charge in [0.2, 0.25) is 0 Å². The molecule has 1 spiro atoms. The van der Waals surface area contributed by atoms with Crippen LogP contribution >= 0.6 is 0 Å². The Morgan fingerprint density at radius 1 is 0.259 bits per heavy atom. The summed E-state index contributed by atoms with van der Waals surface area (Å²) in [6.45, 7) is 0. The van der Waals surface area contributed by atoms with Crippen LogP contribution in [0.3, 0.4) is 0 Å². The molecule has 0 aliphatic heterocycles. The van der Waals surface area contributed by atoms with Gasteiger partial charge in [0, 0.05) is 16.9 Å². The number of benzene rings is 10. The van der Waals surface area contributed by atoms with Crippen molar-refractivity contribution < 1.29 is 0 Å². The molecule has 1 heteroatoms. The lowest BCUT2D eigenvalue weighted by molar-refractivity contribution is 0.796. The van der Waals surface area contributed by atoms with E-state index in [1.807, 2.05) is 0 Å². The number of hydrogen-bond acceptors (Lipinski definition) is 1. The van der Waals surface area contributed by atoms with Crippen molar-refractivity contribution in [2.45, 2.75) is 5.41 Å². The van der Waals surface area contributed by atoms with Gasteiger partial charge in [-0.2, -0.15) is 0 Å². The predicted octanol–water partition coefficient (Wildman–Crippen LogP) is 15.1. The molecule has 2 aliphatic rings. The predicted molar refractivity (Wildman–Crippen MR) is 243 cm³/mol. The molecule has 0 aromatic heterocycles. The van der Waals surface area contributed by atoms with Crippen molar-refractivity contribution in [3.8, 4) is 44.5 Å². The van der Waals surface area contributed by atoms with E-state index in [0.29, 0.717) is 0 Å². The van der Waals surface area contributed by atoms with Crippen molar-refractivity contribution in [1.29, 1.82) is 0 Å². The van der Waals surface area contributed by atoms with Crippen molar-refractivity contribution in [1.82, 2.24) is 0 Å². The second kappa shape index (κ2) is 12.8. The standard InChI is InChI=1S/C57H37N/c1-4-16-38(17-5-1)42-29-31-56(49(33-42)39-18-6-2-7-19-39)58(45-22-8-3-9-23-45)46-30-28-43-35-51-50-34-40-20-10-11-21-41(40)36-54(50)57(55(51)37-44(43)32-46)52-26-14-12-24-47(52)48-25-13-15-27-53(48)57/h1-37H. The molecule has 2 aliphatic carbocycles. The van der Waals surface area contributed by atoms with Gasteiger partial charge < -0.3 is 4.90 Å². The SMILES string of the molecule is c1ccc(-c2ccc(N(c3ccccc3)c3ccc4cc5c(cc4c3)C3(c4ccccc4-c4ccccc43)c3cc4ccccc4cc3-5)c(-c3ccccc3)c2)cc1. The summed E-state index contributed by atoms with van der Waals surface area (Å²) in [5.74, 6) is 0. The molecular formula is C57H37N. The van der Waals surface area contributed by atoms with Crippen molar-refractivity contribution in [3.05, 3.63) is 247 Å². The van der Waals surface area contributed by atoms with Gasteiger partial charge in [0.1, 0.15) is 0 Å². The lowest BCUT2D eigenvalue weighted by atomic mass is 9.70. The van der Waals surface area contributed by atoms with Gasteiger partial charge in [-0.25, -0.2) is 0 Å². The molecular weight excluding hydrogens is 699 g/mol. The summed E-state index contributed by atoms with van der Waals surface area (Å²) in [6.07, 6.45) is 0. The molecule has 0 heterocycles. The molecule has 0 atom stereocenters. The van der Waals surface area contributed by atoms with Crippen LogP contribution in [0.25, 0.3) is 66.1 Å². The lowest BCUT2D eigenvalue weighted by Gasteiger charge is -2.31. The molecule has 0 N–H and O–H groups in total. The van der Waals surface area contributed by atoms with E-state index in [-0.39, 0.29) is 0 Å². The fourth-order valence-electron chi connectivity index (χ4n) is 10.1. The third-order valence-corrected chi connectivity index (χ3v) is 12.6. The Balaban J connectivity index is 1.11. The molecule has 0 fully saturated rings. The zero-order valence-electron chi connectivity index (χ0n) is 31.8. The maximum absolute atomic E-state index is 2.51. The molecule has 10 aromatic carbocycles. The van der Waals surface area contributed by atoms with Crippen LogP contribution in [-0.4, -0.2) is 0 Å². The zero-order chi connectivity index (χ0) is 38.2. The minimum atomic E-state index is -0.432. The lowest BCUT2D eigenvalue weighted by Crippen LogP contribution is -2.25. The Hall–Kier alpha value is -7.48. The van der Waals surface area contributed by atoms with Crippen LogP contribution in [0.15, 0.2) is 224 Å². The van der Waals surface area contributed by atoms with Crippen LogP contribution in [0, 0.1) is 0 Å². The Kier molecular flexibility index (Phi) is 7.21. The third kappa shape index (κ3) is 4.77. The molecule has 0 bridgehead atoms. The van der Waals surface area contributed by atoms with E-state index in [0.717, 1.165) is 17.1 Å². The minimum absolute atomic E-state index is 0.432. The maximum atomic E-state index is 2.51. The molecule has 0 amide bonds. The fourth-order valence-corrected chi connectivity index (χ4v) is 10.1. The molecule has 0 radical (unpaired) electrons. The average Bonchev–Trinajstić information content (AvgIpc) is 3.74. The van der Waals surface area contributed by atoms with Gasteiger partial charge in [-0.3, -0.25) is 0 Å². The van der Waals surface area contributed by atoms with Crippen molar-refractivity contribution >= 4 is 38.6 Å². The number of anilines is 3. The second-order valence-corrected chi connectivity index (χ2v) is 15.7. The van der Waals surface area contributed by atoms with Gasteiger partial charge in [0.15, 0.2) is 0 Å². The Bertz CT molecular complexity index is 3170. The van der Waals surface area contributed by atoms with Crippen molar-refractivity contribution in [3.63, 3.8) is 0 Å². The van der Waals surface area contributed by atoms with E-state index in [1.165, 1.54) is 88.3 Å². The molecule has 0 saturated heterocycles. The Morgan fingerprint density at radius 2 is 0.776 bits per heavy atom. The highest BCUT2D eigenvalue weighted by Crippen LogP contribution is 2.63. The Morgan fingerprint density at radius 3 is 1.43 bits per heavy atom. The monoisotopic (exact) mass is 735 g/mol. The van der Waals surface area contributed by atoms with E-state index in [1.54, 1.807) is 0 Å². The summed E-state index contributed by atoms with van der Waals surface area (Å²) in [5.41, 5.74) is 18.4. The van der Waals surface area contributed by atoms with Gasteiger partial charge in [0.05, 0.1) is 11.1 Å². The van der Waals surface area contributed by atoms with Gasteiger partial charge in [-0.1, -0.05) is 164 Å². The molecule has 1 nitrogen and oxygen atoms in total. The van der Waals surface area contributed by atoms with E-state index in [9.17, 15) is 0 Å². The van der Waals surface area contributed by atoms with Crippen LogP contribution in [0.1, 0.15) is 22.3 Å². The quantitative estimate of drug-likeness (QED) is 0.170. The zero-order valence-corrected chi connectivity index (χ0v) is 31.8. The first-order valence-corrected chi connectivity index (χ1v) is 20.2. The molecule has 0 saturated carbocycles. The highest BCUT2D eigenvalue weighted by atomic mass is 15.1. The highest BCUT2D eigenvalue weighted by molar-refractivity contribution is 6.04. The van der Waals surface area contributed by atoms with Crippen LogP contribution in [0.2, 0.25) is 0 Å². The van der Waals surface area contributed by atoms with Crippen LogP contribution < -0.4 is 4.90 Å². The topological polar surface area (TPSA) is 3.24 Å². The molecule has 10 aromatic rings. The summed E-state index contributed by atoms with van der Waals surface area (Å²) in [4.78, 5) is 2.43. The van der Waals surface area contributed by atoms with Crippen LogP contribution in [0.4, 0.5) is 17.1 Å². The molecule has 270 valence electrons. The molecule has 12 rings (SSSR count). The van der Waals surface area contributed by atoms with Gasteiger partial charge in [-0.05, 0) is 143 Å². The number of hydrogen-bond donors (Lipinski definition) is 0. The maximum Gasteiger partial charge on any atom is 0.0725 e. The summed E-state index contributed by atoms with van der Waals surface area (Å²) in [7, 11) is 0. The summed E-state index contributed by atoms with van der Waals surface area (Å²) in [6, 6.07) is 83.1. The first kappa shape index (κ1) is 32.7. The van der Waals surface area contributed by atoms with Crippen LogP contribution in [0.5, 0.6) is 0 Å². The molecule has 58 heavy (non-hydrogen) atoms.